The van der Waals surface area contributed by atoms with Gasteiger partial charge in [-0.2, -0.15) is 4.31 Å². The third-order valence-electron chi connectivity index (χ3n) is 4.38. The van der Waals surface area contributed by atoms with E-state index in [0.29, 0.717) is 19.6 Å². The van der Waals surface area contributed by atoms with E-state index < -0.39 is 10.0 Å². The Balaban J connectivity index is 1.91. The maximum atomic E-state index is 12.9. The fourth-order valence-electron chi connectivity index (χ4n) is 2.99. The number of likely N-dealkylation sites (N-methyl/N-ethyl adjacent to an activating group) is 1. The molecule has 24 heavy (non-hydrogen) atoms. The molecule has 1 aromatic heterocycles. The summed E-state index contributed by atoms with van der Waals surface area (Å²) < 4.78 is 32.7. The molecule has 7 heteroatoms. The van der Waals surface area contributed by atoms with Crippen LogP contribution in [-0.2, 0) is 10.0 Å². The second kappa shape index (κ2) is 6.88. The fourth-order valence-corrected chi connectivity index (χ4v) is 4.40. The summed E-state index contributed by atoms with van der Waals surface area (Å²) in [5.74, 6) is 0.773. The Hall–Kier alpha value is -1.96. The molecule has 0 amide bonds. The number of methoxy groups -OCH3 is 1. The number of benzene rings is 1. The first kappa shape index (κ1) is 16.9. The monoisotopic (exact) mass is 347 g/mol. The maximum absolute atomic E-state index is 12.9. The van der Waals surface area contributed by atoms with Crippen LogP contribution in [0.3, 0.4) is 0 Å². The molecule has 1 saturated heterocycles. The average Bonchev–Trinajstić information content (AvgIpc) is 2.62. The number of sulfonamides is 1. The first-order valence-electron chi connectivity index (χ1n) is 7.77. The molecule has 3 rings (SSSR count). The van der Waals surface area contributed by atoms with Crippen molar-refractivity contribution < 1.29 is 13.2 Å². The smallest absolute Gasteiger partial charge is 0.244 e. The van der Waals surface area contributed by atoms with Crippen molar-refractivity contribution >= 4 is 10.0 Å². The van der Waals surface area contributed by atoms with Crippen LogP contribution in [0.25, 0.3) is 0 Å². The lowest BCUT2D eigenvalue weighted by Crippen LogP contribution is -2.48. The minimum Gasteiger partial charge on any atom is -0.496 e. The van der Waals surface area contributed by atoms with Crippen molar-refractivity contribution in [2.24, 2.45) is 0 Å². The van der Waals surface area contributed by atoms with Gasteiger partial charge in [0.05, 0.1) is 13.2 Å². The van der Waals surface area contributed by atoms with Crippen LogP contribution in [0.15, 0.2) is 53.7 Å². The van der Waals surface area contributed by atoms with Gasteiger partial charge in [0.15, 0.2) is 0 Å². The van der Waals surface area contributed by atoms with Crippen LogP contribution in [0.4, 0.5) is 0 Å². The molecule has 0 aliphatic carbocycles. The molecule has 0 N–H and O–H groups in total. The molecule has 1 aromatic carbocycles. The van der Waals surface area contributed by atoms with Gasteiger partial charge in [0.2, 0.25) is 10.0 Å². The van der Waals surface area contributed by atoms with Crippen molar-refractivity contribution in [1.29, 1.82) is 0 Å². The van der Waals surface area contributed by atoms with Crippen molar-refractivity contribution in [3.05, 3.63) is 54.4 Å². The third kappa shape index (κ3) is 3.15. The highest BCUT2D eigenvalue weighted by Crippen LogP contribution is 2.32. The summed E-state index contributed by atoms with van der Waals surface area (Å²) >= 11 is 0. The van der Waals surface area contributed by atoms with Crippen molar-refractivity contribution in [3.8, 4) is 5.75 Å². The van der Waals surface area contributed by atoms with Gasteiger partial charge in [-0.15, -0.1) is 0 Å². The molecule has 1 atom stereocenters. The van der Waals surface area contributed by atoms with Crippen LogP contribution >= 0.6 is 0 Å². The molecule has 6 nitrogen and oxygen atoms in total. The number of hydrogen-bond donors (Lipinski definition) is 0. The largest absolute Gasteiger partial charge is 0.496 e. The van der Waals surface area contributed by atoms with Crippen molar-refractivity contribution in [2.45, 2.75) is 10.9 Å². The Morgan fingerprint density at radius 1 is 1.17 bits per heavy atom. The zero-order valence-electron chi connectivity index (χ0n) is 13.8. The van der Waals surface area contributed by atoms with Crippen molar-refractivity contribution in [1.82, 2.24) is 14.2 Å². The molecule has 1 aliphatic heterocycles. The quantitative estimate of drug-likeness (QED) is 0.843. The zero-order valence-corrected chi connectivity index (χ0v) is 14.6. The molecule has 2 aromatic rings. The summed E-state index contributed by atoms with van der Waals surface area (Å²) in [5, 5.41) is 0. The Morgan fingerprint density at radius 3 is 2.67 bits per heavy atom. The Kier molecular flexibility index (Phi) is 4.84. The van der Waals surface area contributed by atoms with Gasteiger partial charge in [0.25, 0.3) is 0 Å². The Labute approximate surface area is 142 Å². The van der Waals surface area contributed by atoms with E-state index in [2.05, 4.69) is 9.88 Å². The molecule has 0 unspecified atom stereocenters. The normalized spacial score (nSPS) is 20.0. The summed E-state index contributed by atoms with van der Waals surface area (Å²) in [7, 11) is 0.0933. The number of hydrogen-bond acceptors (Lipinski definition) is 5. The summed E-state index contributed by atoms with van der Waals surface area (Å²) in [6, 6.07) is 10.9. The number of rotatable bonds is 4. The van der Waals surface area contributed by atoms with Gasteiger partial charge in [-0.1, -0.05) is 18.2 Å². The van der Waals surface area contributed by atoms with Crippen molar-refractivity contribution in [2.75, 3.05) is 33.8 Å². The standard InChI is InChI=1S/C17H21N3O3S/c1-19-10-11-20(24(21,22)14-6-5-9-18-12-14)13-16(19)15-7-3-4-8-17(15)23-2/h3-9,12,16H,10-11,13H2,1-2H3/t16-/m0/s1. The molecule has 128 valence electrons. The average molecular weight is 347 g/mol. The first-order chi connectivity index (χ1) is 11.5. The highest BCUT2D eigenvalue weighted by atomic mass is 32.2. The van der Waals surface area contributed by atoms with E-state index in [4.69, 9.17) is 4.74 Å². The van der Waals surface area contributed by atoms with Crippen LogP contribution in [0.1, 0.15) is 11.6 Å². The molecular weight excluding hydrogens is 326 g/mol. The highest BCUT2D eigenvalue weighted by Gasteiger charge is 2.34. The van der Waals surface area contributed by atoms with Crippen molar-refractivity contribution in [3.63, 3.8) is 0 Å². The molecule has 0 radical (unpaired) electrons. The summed E-state index contributed by atoms with van der Waals surface area (Å²) in [4.78, 5) is 6.32. The Morgan fingerprint density at radius 2 is 1.96 bits per heavy atom. The first-order valence-corrected chi connectivity index (χ1v) is 9.21. The van der Waals surface area contributed by atoms with E-state index in [9.17, 15) is 8.42 Å². The van der Waals surface area contributed by atoms with Gasteiger partial charge >= 0.3 is 0 Å². The van der Waals surface area contributed by atoms with Gasteiger partial charge in [0.1, 0.15) is 10.6 Å². The molecular formula is C17H21N3O3S. The topological polar surface area (TPSA) is 62.7 Å². The number of pyridine rings is 1. The molecule has 2 heterocycles. The highest BCUT2D eigenvalue weighted by molar-refractivity contribution is 7.89. The molecule has 0 bridgehead atoms. The van der Waals surface area contributed by atoms with E-state index >= 15 is 0 Å². The predicted octanol–water partition coefficient (Wildman–Crippen LogP) is 1.77. The van der Waals surface area contributed by atoms with E-state index in [-0.39, 0.29) is 10.9 Å². The predicted molar refractivity (Wildman–Crippen MR) is 91.4 cm³/mol. The van der Waals surface area contributed by atoms with E-state index in [1.165, 1.54) is 10.5 Å². The molecule has 0 saturated carbocycles. The van der Waals surface area contributed by atoms with Crippen LogP contribution in [0.2, 0.25) is 0 Å². The van der Waals surface area contributed by atoms with Gasteiger partial charge in [-0.3, -0.25) is 9.88 Å². The summed E-state index contributed by atoms with van der Waals surface area (Å²) in [6.07, 6.45) is 2.96. The molecule has 1 aliphatic rings. The van der Waals surface area contributed by atoms with E-state index in [1.54, 1.807) is 25.4 Å². The third-order valence-corrected chi connectivity index (χ3v) is 6.23. The van der Waals surface area contributed by atoms with Crippen LogP contribution in [-0.4, -0.2) is 56.4 Å². The lowest BCUT2D eigenvalue weighted by molar-refractivity contribution is 0.146. The van der Waals surface area contributed by atoms with E-state index in [1.807, 2.05) is 31.3 Å². The van der Waals surface area contributed by atoms with Crippen LogP contribution < -0.4 is 4.74 Å². The number of para-hydroxylation sites is 1. The molecule has 0 spiro atoms. The van der Waals surface area contributed by atoms with Gasteiger partial charge in [-0.05, 0) is 25.2 Å². The van der Waals surface area contributed by atoms with Gasteiger partial charge in [0, 0.05) is 37.6 Å². The van der Waals surface area contributed by atoms with Crippen LogP contribution in [0, 0.1) is 0 Å². The minimum atomic E-state index is -3.54. The van der Waals surface area contributed by atoms with Crippen LogP contribution in [0.5, 0.6) is 5.75 Å². The lowest BCUT2D eigenvalue weighted by Gasteiger charge is -2.39. The fraction of sp³-hybridized carbons (Fsp3) is 0.353. The maximum Gasteiger partial charge on any atom is 0.244 e. The number of piperazine rings is 1. The summed E-state index contributed by atoms with van der Waals surface area (Å²) in [5.41, 5.74) is 0.994. The second-order valence-corrected chi connectivity index (χ2v) is 7.73. The number of nitrogens with zero attached hydrogens (tertiary/aromatic N) is 3. The number of ether oxygens (including phenoxy) is 1. The van der Waals surface area contributed by atoms with E-state index in [0.717, 1.165) is 11.3 Å². The Bertz CT molecular complexity index is 796. The molecule has 1 fully saturated rings. The zero-order chi connectivity index (χ0) is 17.2. The number of aromatic nitrogens is 1. The summed E-state index contributed by atoms with van der Waals surface area (Å²) in [6.45, 7) is 1.50. The lowest BCUT2D eigenvalue weighted by atomic mass is 10.0. The minimum absolute atomic E-state index is 0.0543. The van der Waals surface area contributed by atoms with Gasteiger partial charge < -0.3 is 4.74 Å². The SMILES string of the molecule is COc1ccccc1[C@@H]1CN(S(=O)(=O)c2cccnc2)CCN1C. The second-order valence-electron chi connectivity index (χ2n) is 5.79. The van der Waals surface area contributed by atoms with Gasteiger partial charge in [-0.25, -0.2) is 8.42 Å².